The standard InChI is InChI=1S/C12H23NO.C5H8.C2H6/c1-3-4-7-10-13(2)11-8-5-6-9-12(11)14;1-3-5-4-2;1-2/h11H,3-10H2,1-2H3;3-5H,1H2,2H3;1-2H3/b;5-4-;/t11-;;/m0../s1. The van der Waals surface area contributed by atoms with Crippen LogP contribution in [0.4, 0.5) is 0 Å². The molecule has 0 N–H and O–H groups in total. The van der Waals surface area contributed by atoms with Crippen LogP contribution in [0.15, 0.2) is 24.8 Å². The fourth-order valence-corrected chi connectivity index (χ4v) is 2.33. The molecule has 0 spiro atoms. The van der Waals surface area contributed by atoms with Crippen molar-refractivity contribution in [3.8, 4) is 0 Å². The minimum Gasteiger partial charge on any atom is -0.298 e. The summed E-state index contributed by atoms with van der Waals surface area (Å²) in [6.45, 7) is 12.7. The van der Waals surface area contributed by atoms with Gasteiger partial charge in [-0.05, 0) is 39.8 Å². The molecule has 0 amide bonds. The van der Waals surface area contributed by atoms with Gasteiger partial charge in [-0.2, -0.15) is 0 Å². The van der Waals surface area contributed by atoms with E-state index >= 15 is 0 Å². The quantitative estimate of drug-likeness (QED) is 0.483. The first-order valence-corrected chi connectivity index (χ1v) is 8.64. The molecule has 1 atom stereocenters. The van der Waals surface area contributed by atoms with Crippen molar-refractivity contribution in [2.24, 2.45) is 0 Å². The molecule has 1 aliphatic carbocycles. The summed E-state index contributed by atoms with van der Waals surface area (Å²) in [7, 11) is 2.10. The summed E-state index contributed by atoms with van der Waals surface area (Å²) < 4.78 is 0. The molecule has 0 aliphatic heterocycles. The van der Waals surface area contributed by atoms with Gasteiger partial charge in [0.25, 0.3) is 0 Å². The van der Waals surface area contributed by atoms with Crippen molar-refractivity contribution in [2.45, 2.75) is 78.7 Å². The van der Waals surface area contributed by atoms with E-state index in [1.807, 2.05) is 32.9 Å². The van der Waals surface area contributed by atoms with Crippen molar-refractivity contribution in [3.63, 3.8) is 0 Å². The van der Waals surface area contributed by atoms with Gasteiger partial charge < -0.3 is 0 Å². The highest BCUT2D eigenvalue weighted by molar-refractivity contribution is 5.84. The Balaban J connectivity index is 0. The smallest absolute Gasteiger partial charge is 0.149 e. The van der Waals surface area contributed by atoms with E-state index in [1.54, 1.807) is 6.08 Å². The summed E-state index contributed by atoms with van der Waals surface area (Å²) in [4.78, 5) is 13.9. The lowest BCUT2D eigenvalue weighted by Gasteiger charge is -2.29. The van der Waals surface area contributed by atoms with E-state index in [2.05, 4.69) is 25.5 Å². The van der Waals surface area contributed by atoms with Gasteiger partial charge in [0.2, 0.25) is 0 Å². The molecular formula is C19H37NO. The first kappa shape index (κ1) is 22.4. The molecule has 2 heteroatoms. The number of ketones is 1. The van der Waals surface area contributed by atoms with Gasteiger partial charge in [-0.3, -0.25) is 9.69 Å². The number of hydrogen-bond donors (Lipinski definition) is 0. The Labute approximate surface area is 133 Å². The van der Waals surface area contributed by atoms with E-state index in [0.717, 1.165) is 25.8 Å². The lowest BCUT2D eigenvalue weighted by atomic mass is 9.93. The minimum absolute atomic E-state index is 0.237. The number of rotatable bonds is 6. The van der Waals surface area contributed by atoms with Gasteiger partial charge in [0, 0.05) is 6.42 Å². The molecule has 1 fully saturated rings. The Kier molecular flexibility index (Phi) is 18.3. The van der Waals surface area contributed by atoms with E-state index in [-0.39, 0.29) is 6.04 Å². The van der Waals surface area contributed by atoms with Gasteiger partial charge in [-0.25, -0.2) is 0 Å². The lowest BCUT2D eigenvalue weighted by Crippen LogP contribution is -2.40. The second-order valence-corrected chi connectivity index (χ2v) is 5.18. The van der Waals surface area contributed by atoms with E-state index in [0.29, 0.717) is 5.78 Å². The molecular weight excluding hydrogens is 258 g/mol. The van der Waals surface area contributed by atoms with Crippen molar-refractivity contribution in [3.05, 3.63) is 24.8 Å². The summed E-state index contributed by atoms with van der Waals surface area (Å²) in [5.41, 5.74) is 0. The maximum absolute atomic E-state index is 11.6. The Morgan fingerprint density at radius 1 is 1.29 bits per heavy atom. The molecule has 0 aromatic heterocycles. The molecule has 0 aromatic rings. The van der Waals surface area contributed by atoms with Crippen molar-refractivity contribution in [1.29, 1.82) is 0 Å². The average molecular weight is 296 g/mol. The van der Waals surface area contributed by atoms with Crippen LogP contribution in [0.3, 0.4) is 0 Å². The van der Waals surface area contributed by atoms with Gasteiger partial charge >= 0.3 is 0 Å². The number of hydrogen-bond acceptors (Lipinski definition) is 2. The Morgan fingerprint density at radius 2 is 1.95 bits per heavy atom. The second-order valence-electron chi connectivity index (χ2n) is 5.18. The number of Topliss-reactive ketones (excluding diaryl/α,β-unsaturated/α-hetero) is 1. The van der Waals surface area contributed by atoms with Gasteiger partial charge in [-0.1, -0.05) is 64.8 Å². The van der Waals surface area contributed by atoms with Crippen molar-refractivity contribution in [1.82, 2.24) is 4.90 Å². The molecule has 1 saturated carbocycles. The van der Waals surface area contributed by atoms with Crippen LogP contribution in [0, 0.1) is 0 Å². The molecule has 1 rings (SSSR count). The molecule has 21 heavy (non-hydrogen) atoms. The van der Waals surface area contributed by atoms with E-state index in [4.69, 9.17) is 0 Å². The highest BCUT2D eigenvalue weighted by Gasteiger charge is 2.25. The lowest BCUT2D eigenvalue weighted by molar-refractivity contribution is -0.125. The third kappa shape index (κ3) is 12.6. The maximum Gasteiger partial charge on any atom is 0.149 e. The number of carbonyl (C=O) groups is 1. The predicted molar refractivity (Wildman–Crippen MR) is 95.8 cm³/mol. The molecule has 124 valence electrons. The average Bonchev–Trinajstić information content (AvgIpc) is 2.51. The van der Waals surface area contributed by atoms with Crippen molar-refractivity contribution < 1.29 is 4.79 Å². The molecule has 0 aromatic carbocycles. The molecule has 0 heterocycles. The van der Waals surface area contributed by atoms with Gasteiger partial charge in [0.1, 0.15) is 5.78 Å². The zero-order valence-corrected chi connectivity index (χ0v) is 15.0. The zero-order chi connectivity index (χ0) is 16.5. The first-order valence-electron chi connectivity index (χ1n) is 8.64. The van der Waals surface area contributed by atoms with E-state index in [1.165, 1.54) is 25.7 Å². The second kappa shape index (κ2) is 17.2. The molecule has 0 unspecified atom stereocenters. The fourth-order valence-electron chi connectivity index (χ4n) is 2.33. The van der Waals surface area contributed by atoms with Crippen LogP contribution in [-0.2, 0) is 4.79 Å². The topological polar surface area (TPSA) is 20.3 Å². The van der Waals surface area contributed by atoms with Crippen LogP contribution in [0.5, 0.6) is 0 Å². The van der Waals surface area contributed by atoms with Crippen LogP contribution in [0.1, 0.15) is 72.6 Å². The van der Waals surface area contributed by atoms with Crippen LogP contribution >= 0.6 is 0 Å². The Hall–Kier alpha value is -0.890. The SMILES string of the molecule is C=C/C=C\C.CC.CCCCCN(C)[C@H]1CCCCC1=O. The minimum atomic E-state index is 0.237. The van der Waals surface area contributed by atoms with Gasteiger partial charge in [0.15, 0.2) is 0 Å². The van der Waals surface area contributed by atoms with E-state index in [9.17, 15) is 4.79 Å². The van der Waals surface area contributed by atoms with Crippen molar-refractivity contribution >= 4 is 5.78 Å². The monoisotopic (exact) mass is 295 g/mol. The molecule has 0 radical (unpaired) electrons. The van der Waals surface area contributed by atoms with Crippen LogP contribution in [-0.4, -0.2) is 30.3 Å². The number of allylic oxidation sites excluding steroid dienone is 3. The van der Waals surface area contributed by atoms with E-state index < -0.39 is 0 Å². The molecule has 2 nitrogen and oxygen atoms in total. The third-order valence-electron chi connectivity index (χ3n) is 3.50. The number of likely N-dealkylation sites (N-methyl/N-ethyl adjacent to an activating group) is 1. The van der Waals surface area contributed by atoms with Gasteiger partial charge in [0.05, 0.1) is 6.04 Å². The summed E-state index contributed by atoms with van der Waals surface area (Å²) in [5, 5.41) is 0. The largest absolute Gasteiger partial charge is 0.298 e. The number of carbonyl (C=O) groups excluding carboxylic acids is 1. The predicted octanol–water partition coefficient (Wildman–Crippen LogP) is 5.39. The highest BCUT2D eigenvalue weighted by atomic mass is 16.1. The number of nitrogens with zero attached hydrogens (tertiary/aromatic N) is 1. The molecule has 0 bridgehead atoms. The first-order chi connectivity index (χ1) is 10.2. The highest BCUT2D eigenvalue weighted by Crippen LogP contribution is 2.19. The van der Waals surface area contributed by atoms with Crippen molar-refractivity contribution in [2.75, 3.05) is 13.6 Å². The van der Waals surface area contributed by atoms with Crippen LogP contribution < -0.4 is 0 Å². The summed E-state index contributed by atoms with van der Waals surface area (Å²) >= 11 is 0. The normalized spacial score (nSPS) is 17.8. The maximum atomic E-state index is 11.6. The van der Waals surface area contributed by atoms with Crippen LogP contribution in [0.25, 0.3) is 0 Å². The third-order valence-corrected chi connectivity index (χ3v) is 3.50. The Morgan fingerprint density at radius 3 is 2.38 bits per heavy atom. The molecule has 0 saturated heterocycles. The fraction of sp³-hybridized carbons (Fsp3) is 0.737. The van der Waals surface area contributed by atoms with Crippen LogP contribution in [0.2, 0.25) is 0 Å². The summed E-state index contributed by atoms with van der Waals surface area (Å²) in [6, 6.07) is 0.237. The molecule has 1 aliphatic rings. The zero-order valence-electron chi connectivity index (χ0n) is 15.0. The summed E-state index contributed by atoms with van der Waals surface area (Å²) in [5.74, 6) is 0.468. The Bertz CT molecular complexity index is 271. The van der Waals surface area contributed by atoms with Gasteiger partial charge in [-0.15, -0.1) is 0 Å². The number of unbranched alkanes of at least 4 members (excludes halogenated alkanes) is 2. The summed E-state index contributed by atoms with van der Waals surface area (Å²) in [6.07, 6.45) is 13.6.